The normalized spacial score (nSPS) is 15.0. The van der Waals surface area contributed by atoms with E-state index in [9.17, 15) is 35.1 Å². The minimum Gasteiger partial charge on any atom is -0.332 e. The molecule has 0 bridgehead atoms. The first kappa shape index (κ1) is 17.4. The van der Waals surface area contributed by atoms with Crippen molar-refractivity contribution < 1.29 is 44.6 Å². The highest BCUT2D eigenvalue weighted by molar-refractivity contribution is 4.88. The van der Waals surface area contributed by atoms with Crippen LogP contribution in [-0.4, -0.2) is 37.3 Å². The lowest BCUT2D eigenvalue weighted by Crippen LogP contribution is -2.61. The molecule has 0 aliphatic rings. The van der Waals surface area contributed by atoms with Crippen molar-refractivity contribution >= 4 is 0 Å². The van der Waals surface area contributed by atoms with Crippen molar-refractivity contribution in [2.75, 3.05) is 13.5 Å². The highest BCUT2D eigenvalue weighted by atomic mass is 19.4. The molecule has 0 radical (unpaired) electrons. The van der Waals surface area contributed by atoms with E-state index in [-0.39, 0.29) is 0 Å². The molecular formula is C8H10F8O2. The van der Waals surface area contributed by atoms with E-state index >= 15 is 0 Å². The fourth-order valence-corrected chi connectivity index (χ4v) is 0.880. The van der Waals surface area contributed by atoms with Crippen LogP contribution in [0.2, 0.25) is 0 Å². The summed E-state index contributed by atoms with van der Waals surface area (Å²) in [6, 6.07) is 0. The van der Waals surface area contributed by atoms with Crippen molar-refractivity contribution in [1.29, 1.82) is 0 Å². The molecule has 0 atom stereocenters. The predicted octanol–water partition coefficient (Wildman–Crippen LogP) is 3.52. The van der Waals surface area contributed by atoms with Gasteiger partial charge in [0.2, 0.25) is 0 Å². The third-order valence-electron chi connectivity index (χ3n) is 1.62. The van der Waals surface area contributed by atoms with Gasteiger partial charge in [-0.15, -0.1) is 0 Å². The molecule has 0 saturated heterocycles. The molecule has 2 nitrogen and oxygen atoms in total. The van der Waals surface area contributed by atoms with Crippen molar-refractivity contribution in [2.45, 2.75) is 37.7 Å². The van der Waals surface area contributed by atoms with Crippen molar-refractivity contribution in [2.24, 2.45) is 0 Å². The van der Waals surface area contributed by atoms with Gasteiger partial charge in [-0.3, -0.25) is 0 Å². The molecule has 0 aromatic rings. The van der Waals surface area contributed by atoms with Crippen LogP contribution in [0, 0.1) is 0 Å². The highest BCUT2D eigenvalue weighted by Gasteiger charge is 2.75. The van der Waals surface area contributed by atoms with Gasteiger partial charge in [0.05, 0.1) is 6.61 Å². The number of hydrogen-bond donors (Lipinski definition) is 0. The lowest BCUT2D eigenvalue weighted by atomic mass is 10.2. The first-order chi connectivity index (χ1) is 7.77. The van der Waals surface area contributed by atoms with Gasteiger partial charge in [-0.1, -0.05) is 0 Å². The van der Waals surface area contributed by atoms with Crippen LogP contribution in [0.15, 0.2) is 0 Å². The summed E-state index contributed by atoms with van der Waals surface area (Å²) in [4.78, 5) is 0. The molecule has 0 spiro atoms. The van der Waals surface area contributed by atoms with Crippen molar-refractivity contribution in [3.05, 3.63) is 0 Å². The predicted molar refractivity (Wildman–Crippen MR) is 43.0 cm³/mol. The first-order valence-corrected chi connectivity index (χ1v) is 4.43. The zero-order valence-electron chi connectivity index (χ0n) is 9.25. The quantitative estimate of drug-likeness (QED) is 0.570. The summed E-state index contributed by atoms with van der Waals surface area (Å²) in [6.07, 6.45) is -12.2. The van der Waals surface area contributed by atoms with E-state index in [2.05, 4.69) is 9.47 Å². The Balaban J connectivity index is 5.37. The van der Waals surface area contributed by atoms with Gasteiger partial charge < -0.3 is 9.47 Å². The molecule has 110 valence electrons. The maximum atomic E-state index is 12.9. The standard InChI is InChI=1S/C8H10F8O2/c1-5(2,10)3-17-6(18-4-9,7(11,12)13)8(14,15)16/h3-4H2,1-2H3. The van der Waals surface area contributed by atoms with Gasteiger partial charge in [-0.05, 0) is 13.8 Å². The van der Waals surface area contributed by atoms with Crippen LogP contribution in [-0.2, 0) is 9.47 Å². The van der Waals surface area contributed by atoms with Crippen molar-refractivity contribution in [3.8, 4) is 0 Å². The zero-order valence-corrected chi connectivity index (χ0v) is 9.25. The fourth-order valence-electron chi connectivity index (χ4n) is 0.880. The Labute approximate surface area is 96.8 Å². The summed E-state index contributed by atoms with van der Waals surface area (Å²) in [7, 11) is 0. The van der Waals surface area contributed by atoms with Crippen LogP contribution in [0.3, 0.4) is 0 Å². The Morgan fingerprint density at radius 2 is 1.17 bits per heavy atom. The van der Waals surface area contributed by atoms with Gasteiger partial charge in [0.15, 0.2) is 6.86 Å². The molecule has 18 heavy (non-hydrogen) atoms. The number of ether oxygens (including phenoxy) is 2. The van der Waals surface area contributed by atoms with Crippen molar-refractivity contribution in [1.82, 2.24) is 0 Å². The summed E-state index contributed by atoms with van der Waals surface area (Å²) in [5.41, 5.74) is -2.48. The number of halogens is 8. The smallest absolute Gasteiger partial charge is 0.332 e. The highest BCUT2D eigenvalue weighted by Crippen LogP contribution is 2.47. The summed E-state index contributed by atoms with van der Waals surface area (Å²) in [5, 5.41) is 0. The third kappa shape index (κ3) is 3.94. The number of hydrogen-bond acceptors (Lipinski definition) is 2. The average molecular weight is 290 g/mol. The second kappa shape index (κ2) is 5.16. The van der Waals surface area contributed by atoms with Crippen LogP contribution in [0.25, 0.3) is 0 Å². The third-order valence-corrected chi connectivity index (χ3v) is 1.62. The van der Waals surface area contributed by atoms with Crippen LogP contribution in [0.1, 0.15) is 13.8 Å². The summed E-state index contributed by atoms with van der Waals surface area (Å²) < 4.78 is 105. The average Bonchev–Trinajstić information content (AvgIpc) is 2.06. The first-order valence-electron chi connectivity index (χ1n) is 4.43. The van der Waals surface area contributed by atoms with Crippen LogP contribution < -0.4 is 0 Å². The molecule has 0 fully saturated rings. The Bertz CT molecular complexity index is 250. The van der Waals surface area contributed by atoms with E-state index in [1.165, 1.54) is 0 Å². The van der Waals surface area contributed by atoms with Crippen LogP contribution in [0.4, 0.5) is 35.1 Å². The van der Waals surface area contributed by atoms with E-state index in [1.807, 2.05) is 0 Å². The molecule has 0 amide bonds. The lowest BCUT2D eigenvalue weighted by molar-refractivity contribution is -0.476. The lowest BCUT2D eigenvalue weighted by Gasteiger charge is -2.36. The molecule has 0 aliphatic heterocycles. The Hall–Kier alpha value is -0.640. The second-order valence-corrected chi connectivity index (χ2v) is 3.87. The molecule has 0 heterocycles. The summed E-state index contributed by atoms with van der Waals surface area (Å²) in [5.74, 6) is -5.18. The maximum Gasteiger partial charge on any atom is 0.453 e. The molecule has 0 aromatic carbocycles. The van der Waals surface area contributed by atoms with E-state index < -0.39 is 37.3 Å². The zero-order chi connectivity index (χ0) is 14.8. The molecule has 0 saturated carbocycles. The molecule has 0 rings (SSSR count). The van der Waals surface area contributed by atoms with Gasteiger partial charge in [-0.25, -0.2) is 8.78 Å². The molecule has 0 N–H and O–H groups in total. The van der Waals surface area contributed by atoms with Gasteiger partial charge >= 0.3 is 18.1 Å². The van der Waals surface area contributed by atoms with Crippen molar-refractivity contribution in [3.63, 3.8) is 0 Å². The molecule has 0 aromatic heterocycles. The summed E-state index contributed by atoms with van der Waals surface area (Å²) >= 11 is 0. The van der Waals surface area contributed by atoms with Gasteiger partial charge in [0.1, 0.15) is 5.67 Å². The van der Waals surface area contributed by atoms with E-state index in [0.29, 0.717) is 13.8 Å². The largest absolute Gasteiger partial charge is 0.453 e. The number of rotatable bonds is 5. The summed E-state index contributed by atoms with van der Waals surface area (Å²) in [6.45, 7) is -2.59. The Morgan fingerprint density at radius 3 is 1.39 bits per heavy atom. The molecule has 10 heteroatoms. The molecule has 0 unspecified atom stereocenters. The van der Waals surface area contributed by atoms with E-state index in [0.717, 1.165) is 0 Å². The van der Waals surface area contributed by atoms with Crippen LogP contribution in [0.5, 0.6) is 0 Å². The second-order valence-electron chi connectivity index (χ2n) is 3.87. The van der Waals surface area contributed by atoms with Gasteiger partial charge in [0, 0.05) is 0 Å². The molecular weight excluding hydrogens is 280 g/mol. The van der Waals surface area contributed by atoms with E-state index in [1.54, 1.807) is 0 Å². The minimum atomic E-state index is -6.11. The fraction of sp³-hybridized carbons (Fsp3) is 1.00. The topological polar surface area (TPSA) is 18.5 Å². The Kier molecular flexibility index (Phi) is 4.97. The Morgan fingerprint density at radius 1 is 0.778 bits per heavy atom. The number of alkyl halides is 8. The minimum absolute atomic E-state index is 0.694. The monoisotopic (exact) mass is 290 g/mol. The maximum absolute atomic E-state index is 12.9. The van der Waals surface area contributed by atoms with Crippen LogP contribution >= 0.6 is 0 Å². The van der Waals surface area contributed by atoms with Gasteiger partial charge in [-0.2, -0.15) is 26.3 Å². The SMILES string of the molecule is CC(C)(F)COC(OCF)(C(F)(F)F)C(F)(F)F. The molecule has 0 aliphatic carbocycles. The van der Waals surface area contributed by atoms with Gasteiger partial charge in [0.25, 0.3) is 0 Å². The van der Waals surface area contributed by atoms with E-state index in [4.69, 9.17) is 0 Å².